The molecule has 1 saturated heterocycles. The van der Waals surface area contributed by atoms with Crippen molar-refractivity contribution >= 4 is 0 Å². The highest BCUT2D eigenvalue weighted by molar-refractivity contribution is 4.72. The lowest BCUT2D eigenvalue weighted by Crippen LogP contribution is -2.08. The summed E-state index contributed by atoms with van der Waals surface area (Å²) in [4.78, 5) is 2.67. The summed E-state index contributed by atoms with van der Waals surface area (Å²) in [6.07, 6.45) is 1.20. The maximum atomic E-state index is 8.00. The van der Waals surface area contributed by atoms with Crippen LogP contribution in [0.15, 0.2) is 5.11 Å². The van der Waals surface area contributed by atoms with Gasteiger partial charge in [0.25, 0.3) is 0 Å². The second-order valence-corrected chi connectivity index (χ2v) is 2.71. The first-order valence-corrected chi connectivity index (χ1v) is 3.45. The Kier molecular flexibility index (Phi) is 2.54. The predicted octanol–water partition coefficient (Wildman–Crippen LogP) is 1.72. The summed E-state index contributed by atoms with van der Waals surface area (Å²) in [5.41, 5.74) is 8.00. The molecule has 1 aliphatic rings. The predicted molar refractivity (Wildman–Crippen MR) is 37.5 cm³/mol. The number of rotatable bonds is 2. The van der Waals surface area contributed by atoms with E-state index in [1.54, 1.807) is 0 Å². The quantitative estimate of drug-likeness (QED) is 0.328. The minimum absolute atomic E-state index is 0.172. The Morgan fingerprint density at radius 2 is 2.60 bits per heavy atom. The maximum Gasteiger partial charge on any atom is 0.0634 e. The molecule has 4 nitrogen and oxygen atoms in total. The second kappa shape index (κ2) is 3.44. The molecule has 0 aliphatic carbocycles. The van der Waals surface area contributed by atoms with Crippen LogP contribution in [0.5, 0.6) is 0 Å². The van der Waals surface area contributed by atoms with Gasteiger partial charge in [0.05, 0.1) is 12.6 Å². The van der Waals surface area contributed by atoms with Crippen LogP contribution in [-0.2, 0) is 4.74 Å². The largest absolute Gasteiger partial charge is 0.378 e. The summed E-state index contributed by atoms with van der Waals surface area (Å²) in [5, 5.41) is 3.44. The first kappa shape index (κ1) is 7.38. The van der Waals surface area contributed by atoms with Gasteiger partial charge >= 0.3 is 0 Å². The monoisotopic (exact) mass is 141 g/mol. The summed E-state index contributed by atoms with van der Waals surface area (Å²) in [6.45, 7) is 3.43. The minimum atomic E-state index is 0.172. The molecule has 0 spiro atoms. The van der Waals surface area contributed by atoms with Gasteiger partial charge < -0.3 is 4.74 Å². The zero-order valence-corrected chi connectivity index (χ0v) is 6.03. The van der Waals surface area contributed by atoms with Crippen LogP contribution in [0, 0.1) is 5.92 Å². The van der Waals surface area contributed by atoms with E-state index >= 15 is 0 Å². The van der Waals surface area contributed by atoms with Crippen molar-refractivity contribution in [3.8, 4) is 0 Å². The molecular formula is C6H11N3O. The Morgan fingerprint density at radius 3 is 3.10 bits per heavy atom. The molecule has 0 saturated carbocycles. The van der Waals surface area contributed by atoms with Crippen LogP contribution in [0.4, 0.5) is 0 Å². The highest BCUT2D eigenvalue weighted by Crippen LogP contribution is 2.18. The molecule has 0 aromatic heterocycles. The van der Waals surface area contributed by atoms with Crippen LogP contribution in [0.2, 0.25) is 0 Å². The van der Waals surface area contributed by atoms with Crippen molar-refractivity contribution in [1.29, 1.82) is 0 Å². The van der Waals surface area contributed by atoms with Crippen molar-refractivity contribution in [2.24, 2.45) is 11.0 Å². The van der Waals surface area contributed by atoms with Gasteiger partial charge in [-0.2, -0.15) is 0 Å². The van der Waals surface area contributed by atoms with E-state index in [2.05, 4.69) is 16.9 Å². The molecule has 1 rings (SSSR count). The van der Waals surface area contributed by atoms with Gasteiger partial charge in [-0.15, -0.1) is 0 Å². The molecule has 0 bridgehead atoms. The summed E-state index contributed by atoms with van der Waals surface area (Å²) in [5.74, 6) is 0.624. The molecule has 0 N–H and O–H groups in total. The topological polar surface area (TPSA) is 58.0 Å². The third-order valence-electron chi connectivity index (χ3n) is 1.63. The zero-order chi connectivity index (χ0) is 7.40. The van der Waals surface area contributed by atoms with E-state index in [-0.39, 0.29) is 6.10 Å². The molecule has 0 aromatic carbocycles. The SMILES string of the molecule is C[C@H]1CO[C@@H](CN=[N+]=[N-])C1. The highest BCUT2D eigenvalue weighted by Gasteiger charge is 2.20. The van der Waals surface area contributed by atoms with Crippen LogP contribution < -0.4 is 0 Å². The van der Waals surface area contributed by atoms with Gasteiger partial charge in [-0.25, -0.2) is 0 Å². The van der Waals surface area contributed by atoms with E-state index in [0.717, 1.165) is 13.0 Å². The highest BCUT2D eigenvalue weighted by atomic mass is 16.5. The molecule has 0 amide bonds. The van der Waals surface area contributed by atoms with E-state index in [1.807, 2.05) is 0 Å². The fourth-order valence-electron chi connectivity index (χ4n) is 1.14. The fourth-order valence-corrected chi connectivity index (χ4v) is 1.14. The standard InChI is InChI=1S/C6H11N3O/c1-5-2-6(10-4-5)3-8-9-7/h5-6H,2-4H2,1H3/t5-,6-/m1/s1. The molecule has 4 heteroatoms. The number of azide groups is 1. The molecule has 1 heterocycles. The number of ether oxygens (including phenoxy) is 1. The van der Waals surface area contributed by atoms with Crippen LogP contribution in [0.3, 0.4) is 0 Å². The molecule has 2 atom stereocenters. The van der Waals surface area contributed by atoms with Gasteiger partial charge in [-0.3, -0.25) is 0 Å². The van der Waals surface area contributed by atoms with Gasteiger partial charge in [0.2, 0.25) is 0 Å². The van der Waals surface area contributed by atoms with Crippen LogP contribution in [0.25, 0.3) is 10.4 Å². The minimum Gasteiger partial charge on any atom is -0.378 e. The lowest BCUT2D eigenvalue weighted by atomic mass is 10.1. The first-order valence-electron chi connectivity index (χ1n) is 3.45. The Morgan fingerprint density at radius 1 is 1.80 bits per heavy atom. The first-order chi connectivity index (χ1) is 4.83. The van der Waals surface area contributed by atoms with Gasteiger partial charge in [0.15, 0.2) is 0 Å². The van der Waals surface area contributed by atoms with Crippen molar-refractivity contribution in [1.82, 2.24) is 0 Å². The molecule has 10 heavy (non-hydrogen) atoms. The molecule has 0 aromatic rings. The molecular weight excluding hydrogens is 130 g/mol. The van der Waals surface area contributed by atoms with Crippen molar-refractivity contribution < 1.29 is 4.74 Å². The van der Waals surface area contributed by atoms with E-state index in [1.165, 1.54) is 0 Å². The zero-order valence-electron chi connectivity index (χ0n) is 6.03. The normalized spacial score (nSPS) is 31.7. The number of hydrogen-bond donors (Lipinski definition) is 0. The van der Waals surface area contributed by atoms with Crippen molar-refractivity contribution in [2.45, 2.75) is 19.4 Å². The van der Waals surface area contributed by atoms with E-state index in [9.17, 15) is 0 Å². The third-order valence-corrected chi connectivity index (χ3v) is 1.63. The average molecular weight is 141 g/mol. The Balaban J connectivity index is 2.24. The Hall–Kier alpha value is -0.730. The number of nitrogens with zero attached hydrogens (tertiary/aromatic N) is 3. The Labute approximate surface area is 59.8 Å². The summed E-state index contributed by atoms with van der Waals surface area (Å²) in [6, 6.07) is 0. The van der Waals surface area contributed by atoms with Crippen LogP contribution >= 0.6 is 0 Å². The lowest BCUT2D eigenvalue weighted by molar-refractivity contribution is 0.113. The smallest absolute Gasteiger partial charge is 0.0634 e. The summed E-state index contributed by atoms with van der Waals surface area (Å²) in [7, 11) is 0. The molecule has 1 fully saturated rings. The van der Waals surface area contributed by atoms with E-state index in [4.69, 9.17) is 10.3 Å². The van der Waals surface area contributed by atoms with Gasteiger partial charge in [-0.05, 0) is 17.9 Å². The summed E-state index contributed by atoms with van der Waals surface area (Å²) >= 11 is 0. The number of hydrogen-bond acceptors (Lipinski definition) is 2. The summed E-state index contributed by atoms with van der Waals surface area (Å²) < 4.78 is 5.30. The van der Waals surface area contributed by atoms with Gasteiger partial charge in [0.1, 0.15) is 0 Å². The molecule has 1 aliphatic heterocycles. The molecule has 0 radical (unpaired) electrons. The van der Waals surface area contributed by atoms with Crippen molar-refractivity contribution in [3.05, 3.63) is 10.4 Å². The molecule has 0 unspecified atom stereocenters. The van der Waals surface area contributed by atoms with Gasteiger partial charge in [0, 0.05) is 11.5 Å². The van der Waals surface area contributed by atoms with Crippen LogP contribution in [-0.4, -0.2) is 19.3 Å². The van der Waals surface area contributed by atoms with E-state index < -0.39 is 0 Å². The van der Waals surface area contributed by atoms with Gasteiger partial charge in [-0.1, -0.05) is 12.0 Å². The molecule has 56 valence electrons. The van der Waals surface area contributed by atoms with E-state index in [0.29, 0.717) is 12.5 Å². The average Bonchev–Trinajstić information content (AvgIpc) is 2.31. The van der Waals surface area contributed by atoms with Crippen molar-refractivity contribution in [2.75, 3.05) is 13.2 Å². The second-order valence-electron chi connectivity index (χ2n) is 2.71. The lowest BCUT2D eigenvalue weighted by Gasteiger charge is -2.01. The van der Waals surface area contributed by atoms with Crippen LogP contribution in [0.1, 0.15) is 13.3 Å². The third kappa shape index (κ3) is 1.90. The van der Waals surface area contributed by atoms with Crippen molar-refractivity contribution in [3.63, 3.8) is 0 Å². The maximum absolute atomic E-state index is 8.00. The fraction of sp³-hybridized carbons (Fsp3) is 1.00. The Bertz CT molecular complexity index is 153.